The van der Waals surface area contributed by atoms with Crippen molar-refractivity contribution in [3.05, 3.63) is 82.3 Å². The van der Waals surface area contributed by atoms with Gasteiger partial charge in [0.25, 0.3) is 5.91 Å². The van der Waals surface area contributed by atoms with Crippen LogP contribution in [0.1, 0.15) is 34.8 Å². The van der Waals surface area contributed by atoms with Crippen LogP contribution in [0.3, 0.4) is 0 Å². The average Bonchev–Trinajstić information content (AvgIpc) is 2.74. The second-order valence-electron chi connectivity index (χ2n) is 7.75. The third kappa shape index (κ3) is 6.30. The number of aromatic nitrogens is 1. The Balaban J connectivity index is 1.99. The Hall–Kier alpha value is -2.97. The lowest BCUT2D eigenvalue weighted by Gasteiger charge is -2.19. The minimum atomic E-state index is -3.93. The molecule has 0 aliphatic rings. The van der Waals surface area contributed by atoms with Crippen molar-refractivity contribution in [3.63, 3.8) is 0 Å². The molecule has 1 N–H and O–H groups in total. The van der Waals surface area contributed by atoms with Crippen LogP contribution in [0.4, 0.5) is 4.39 Å². The molecule has 3 rings (SSSR count). The lowest BCUT2D eigenvalue weighted by Crippen LogP contribution is -2.30. The number of amides is 1. The van der Waals surface area contributed by atoms with Crippen molar-refractivity contribution in [2.45, 2.75) is 32.8 Å². The van der Waals surface area contributed by atoms with E-state index in [9.17, 15) is 13.2 Å². The van der Waals surface area contributed by atoms with E-state index in [2.05, 4.69) is 4.98 Å². The van der Waals surface area contributed by atoms with Crippen LogP contribution < -0.4 is 9.46 Å². The van der Waals surface area contributed by atoms with Gasteiger partial charge in [0, 0.05) is 17.3 Å². The standard InChI is InChI=1S/C24H24ClFN2O4S/c1-15-14-19(25)22(26)21(23(29)28-33(3,30)31)20(15)18-10-7-13-27-24(18)32-16(2)11-12-17-8-5-4-6-9-17/h4-10,13-14,16H,11-12H2,1-3H3,(H,28,29)/t16-/m0/s1. The van der Waals surface area contributed by atoms with E-state index < -0.39 is 27.3 Å². The molecule has 0 unspecified atom stereocenters. The van der Waals surface area contributed by atoms with Gasteiger partial charge in [0.15, 0.2) is 5.82 Å². The van der Waals surface area contributed by atoms with Gasteiger partial charge in [0.1, 0.15) is 0 Å². The molecule has 0 saturated carbocycles. The zero-order valence-corrected chi connectivity index (χ0v) is 20.0. The largest absolute Gasteiger partial charge is 0.474 e. The Morgan fingerprint density at radius 3 is 2.58 bits per heavy atom. The zero-order chi connectivity index (χ0) is 24.2. The van der Waals surface area contributed by atoms with Gasteiger partial charge in [0.2, 0.25) is 15.9 Å². The van der Waals surface area contributed by atoms with Crippen LogP contribution in [0.25, 0.3) is 11.1 Å². The summed E-state index contributed by atoms with van der Waals surface area (Å²) in [7, 11) is -3.93. The number of pyridine rings is 1. The Morgan fingerprint density at radius 2 is 1.91 bits per heavy atom. The number of hydrogen-bond acceptors (Lipinski definition) is 5. The first-order valence-corrected chi connectivity index (χ1v) is 12.5. The van der Waals surface area contributed by atoms with E-state index in [-0.39, 0.29) is 22.6 Å². The fraction of sp³-hybridized carbons (Fsp3) is 0.250. The van der Waals surface area contributed by atoms with E-state index in [0.717, 1.165) is 12.7 Å². The molecule has 3 aromatic rings. The van der Waals surface area contributed by atoms with Gasteiger partial charge in [-0.2, -0.15) is 0 Å². The van der Waals surface area contributed by atoms with Crippen molar-refractivity contribution in [1.29, 1.82) is 0 Å². The highest BCUT2D eigenvalue weighted by atomic mass is 35.5. The summed E-state index contributed by atoms with van der Waals surface area (Å²) in [6.07, 6.45) is 3.61. The van der Waals surface area contributed by atoms with Crippen LogP contribution in [0.15, 0.2) is 54.7 Å². The fourth-order valence-corrected chi connectivity index (χ4v) is 4.17. The molecule has 0 saturated heterocycles. The number of sulfonamides is 1. The Kier molecular flexibility index (Phi) is 7.71. The van der Waals surface area contributed by atoms with Crippen molar-refractivity contribution >= 4 is 27.5 Å². The van der Waals surface area contributed by atoms with Crippen LogP contribution in [0, 0.1) is 12.7 Å². The number of ether oxygens (including phenoxy) is 1. The molecule has 0 spiro atoms. The first-order chi connectivity index (χ1) is 15.6. The summed E-state index contributed by atoms with van der Waals surface area (Å²) in [5.74, 6) is -1.94. The van der Waals surface area contributed by atoms with Gasteiger partial charge >= 0.3 is 0 Å². The van der Waals surface area contributed by atoms with E-state index in [1.54, 1.807) is 19.1 Å². The summed E-state index contributed by atoms with van der Waals surface area (Å²) < 4.78 is 46.1. The topological polar surface area (TPSA) is 85.4 Å². The van der Waals surface area contributed by atoms with Crippen molar-refractivity contribution in [2.24, 2.45) is 0 Å². The van der Waals surface area contributed by atoms with Gasteiger partial charge < -0.3 is 4.74 Å². The number of halogens is 2. The summed E-state index contributed by atoms with van der Waals surface area (Å²) in [4.78, 5) is 17.0. The molecule has 0 fully saturated rings. The smallest absolute Gasteiger partial charge is 0.268 e. The van der Waals surface area contributed by atoms with Crippen molar-refractivity contribution in [1.82, 2.24) is 9.71 Å². The van der Waals surface area contributed by atoms with Crippen LogP contribution in [0.2, 0.25) is 5.02 Å². The number of carbonyl (C=O) groups excluding carboxylic acids is 1. The highest BCUT2D eigenvalue weighted by Gasteiger charge is 2.27. The Morgan fingerprint density at radius 1 is 1.21 bits per heavy atom. The first-order valence-electron chi connectivity index (χ1n) is 10.2. The van der Waals surface area contributed by atoms with Gasteiger partial charge in [-0.3, -0.25) is 4.79 Å². The highest BCUT2D eigenvalue weighted by molar-refractivity contribution is 7.89. The van der Waals surface area contributed by atoms with Crippen LogP contribution in [-0.2, 0) is 16.4 Å². The van der Waals surface area contributed by atoms with Gasteiger partial charge in [0.05, 0.1) is 22.9 Å². The molecule has 0 aliphatic carbocycles. The van der Waals surface area contributed by atoms with Gasteiger partial charge in [-0.1, -0.05) is 41.9 Å². The quantitative estimate of drug-likeness (QED) is 0.483. The third-order valence-corrected chi connectivity index (χ3v) is 5.79. The molecule has 1 aromatic heterocycles. The minimum Gasteiger partial charge on any atom is -0.474 e. The number of nitrogens with zero attached hydrogens (tertiary/aromatic N) is 1. The van der Waals surface area contributed by atoms with E-state index in [1.165, 1.54) is 17.8 Å². The maximum atomic E-state index is 15.0. The molecule has 1 atom stereocenters. The van der Waals surface area contributed by atoms with E-state index in [0.29, 0.717) is 17.5 Å². The highest BCUT2D eigenvalue weighted by Crippen LogP contribution is 2.37. The molecule has 6 nitrogen and oxygen atoms in total. The fourth-order valence-electron chi connectivity index (χ4n) is 3.47. The minimum absolute atomic E-state index is 0.163. The Bertz CT molecular complexity index is 1270. The second-order valence-corrected chi connectivity index (χ2v) is 9.91. The van der Waals surface area contributed by atoms with Gasteiger partial charge in [-0.25, -0.2) is 22.5 Å². The molecule has 9 heteroatoms. The van der Waals surface area contributed by atoms with Gasteiger partial charge in [-0.05, 0) is 56.0 Å². The molecular formula is C24H24ClFN2O4S. The number of aryl methyl sites for hydroxylation is 2. The molecule has 0 aliphatic heterocycles. The summed E-state index contributed by atoms with van der Waals surface area (Å²) in [5.41, 5.74) is 1.67. The summed E-state index contributed by atoms with van der Waals surface area (Å²) in [5, 5.41) is -0.294. The zero-order valence-electron chi connectivity index (χ0n) is 18.4. The second kappa shape index (κ2) is 10.3. The summed E-state index contributed by atoms with van der Waals surface area (Å²) >= 11 is 5.97. The van der Waals surface area contributed by atoms with Gasteiger partial charge in [-0.15, -0.1) is 0 Å². The number of nitrogens with one attached hydrogen (secondary N) is 1. The molecule has 33 heavy (non-hydrogen) atoms. The maximum absolute atomic E-state index is 15.0. The maximum Gasteiger partial charge on any atom is 0.268 e. The molecule has 2 aromatic carbocycles. The predicted molar refractivity (Wildman–Crippen MR) is 127 cm³/mol. The van der Waals surface area contributed by atoms with E-state index in [1.807, 2.05) is 42.0 Å². The monoisotopic (exact) mass is 490 g/mol. The lowest BCUT2D eigenvalue weighted by atomic mass is 9.94. The van der Waals surface area contributed by atoms with Crippen molar-refractivity contribution < 1.29 is 22.3 Å². The predicted octanol–water partition coefficient (Wildman–Crippen LogP) is 4.94. The number of hydrogen-bond donors (Lipinski definition) is 1. The first kappa shape index (κ1) is 24.7. The SMILES string of the molecule is Cc1cc(Cl)c(F)c(C(=O)NS(C)(=O)=O)c1-c1cccnc1O[C@@H](C)CCc1ccccc1. The summed E-state index contributed by atoms with van der Waals surface area (Å²) in [6, 6.07) is 14.6. The Labute approximate surface area is 197 Å². The van der Waals surface area contributed by atoms with Crippen LogP contribution in [-0.4, -0.2) is 31.7 Å². The molecular weight excluding hydrogens is 467 g/mol. The van der Waals surface area contributed by atoms with E-state index in [4.69, 9.17) is 16.3 Å². The number of carbonyl (C=O) groups is 1. The molecule has 174 valence electrons. The normalized spacial score (nSPS) is 12.3. The molecule has 0 radical (unpaired) electrons. The number of rotatable bonds is 8. The third-order valence-electron chi connectivity index (χ3n) is 4.96. The number of benzene rings is 2. The van der Waals surface area contributed by atoms with Crippen molar-refractivity contribution in [3.8, 4) is 17.0 Å². The molecule has 1 heterocycles. The summed E-state index contributed by atoms with van der Waals surface area (Å²) in [6.45, 7) is 3.54. The molecule has 0 bridgehead atoms. The van der Waals surface area contributed by atoms with Crippen molar-refractivity contribution in [2.75, 3.05) is 6.26 Å². The molecule has 1 amide bonds. The van der Waals surface area contributed by atoms with Crippen LogP contribution >= 0.6 is 11.6 Å². The van der Waals surface area contributed by atoms with E-state index >= 15 is 4.39 Å². The lowest BCUT2D eigenvalue weighted by molar-refractivity contribution is 0.0978. The average molecular weight is 491 g/mol. The van der Waals surface area contributed by atoms with Crippen LogP contribution in [0.5, 0.6) is 5.88 Å².